The van der Waals surface area contributed by atoms with Gasteiger partial charge in [-0.3, -0.25) is 4.79 Å². The van der Waals surface area contributed by atoms with E-state index in [1.54, 1.807) is 10.6 Å². The molecule has 1 aromatic heterocycles. The zero-order chi connectivity index (χ0) is 13.3. The summed E-state index contributed by atoms with van der Waals surface area (Å²) in [6.07, 6.45) is 2.25. The highest BCUT2D eigenvalue weighted by atomic mass is 127. The van der Waals surface area contributed by atoms with E-state index >= 15 is 0 Å². The summed E-state index contributed by atoms with van der Waals surface area (Å²) in [4.78, 5) is 11.3. The SMILES string of the molecule is CC.CC(=O)c1cn(PI)nc1COCCN. The van der Waals surface area contributed by atoms with Gasteiger partial charge in [0.2, 0.25) is 0 Å². The van der Waals surface area contributed by atoms with Gasteiger partial charge in [0, 0.05) is 12.7 Å². The van der Waals surface area contributed by atoms with Crippen LogP contribution < -0.4 is 5.73 Å². The van der Waals surface area contributed by atoms with Crippen LogP contribution in [0.2, 0.25) is 0 Å². The first-order valence-corrected chi connectivity index (χ1v) is 9.49. The van der Waals surface area contributed by atoms with E-state index in [9.17, 15) is 4.79 Å². The number of nitrogens with two attached hydrogens (primary N) is 1. The highest BCUT2D eigenvalue weighted by Gasteiger charge is 2.12. The van der Waals surface area contributed by atoms with Crippen LogP contribution in [0.25, 0.3) is 0 Å². The summed E-state index contributed by atoms with van der Waals surface area (Å²) < 4.78 is 7.01. The number of Topliss-reactive ketones (excluding diaryl/α,β-unsaturated/α-hetero) is 1. The van der Waals surface area contributed by atoms with Gasteiger partial charge in [-0.05, 0) is 29.0 Å². The number of hydrogen-bond acceptors (Lipinski definition) is 4. The molecular weight excluding hydrogens is 352 g/mol. The Kier molecular flexibility index (Phi) is 9.91. The van der Waals surface area contributed by atoms with Crippen molar-refractivity contribution in [2.24, 2.45) is 5.73 Å². The van der Waals surface area contributed by atoms with Crippen molar-refractivity contribution in [3.8, 4) is 0 Å². The molecular formula is C10H19IN3O2P. The summed E-state index contributed by atoms with van der Waals surface area (Å²) >= 11 is 2.21. The monoisotopic (exact) mass is 371 g/mol. The van der Waals surface area contributed by atoms with E-state index < -0.39 is 0 Å². The van der Waals surface area contributed by atoms with Gasteiger partial charge >= 0.3 is 0 Å². The smallest absolute Gasteiger partial charge is 0.163 e. The number of nitrogens with zero attached hydrogens (tertiary/aromatic N) is 2. The van der Waals surface area contributed by atoms with E-state index in [1.165, 1.54) is 6.92 Å². The van der Waals surface area contributed by atoms with Gasteiger partial charge in [0.05, 0.1) is 30.8 Å². The largest absolute Gasteiger partial charge is 0.374 e. The highest BCUT2D eigenvalue weighted by molar-refractivity contribution is 14.2. The second-order valence-corrected chi connectivity index (χ2v) is 4.99. The van der Waals surface area contributed by atoms with Crippen molar-refractivity contribution in [2.75, 3.05) is 13.2 Å². The predicted molar refractivity (Wildman–Crippen MR) is 80.0 cm³/mol. The Bertz CT molecular complexity index is 344. The molecule has 0 radical (unpaired) electrons. The van der Waals surface area contributed by atoms with Gasteiger partial charge < -0.3 is 10.5 Å². The molecule has 0 aliphatic heterocycles. The average Bonchev–Trinajstić information content (AvgIpc) is 2.76. The Balaban J connectivity index is 0.00000121. The van der Waals surface area contributed by atoms with Crippen molar-refractivity contribution in [1.29, 1.82) is 0 Å². The van der Waals surface area contributed by atoms with Crippen LogP contribution in [-0.4, -0.2) is 28.5 Å². The maximum atomic E-state index is 11.3. The van der Waals surface area contributed by atoms with Gasteiger partial charge in [0.15, 0.2) is 5.78 Å². The van der Waals surface area contributed by atoms with Crippen molar-refractivity contribution in [2.45, 2.75) is 27.4 Å². The minimum Gasteiger partial charge on any atom is -0.374 e. The van der Waals surface area contributed by atoms with E-state index in [0.29, 0.717) is 37.4 Å². The molecule has 0 spiro atoms. The minimum absolute atomic E-state index is 0.0160. The van der Waals surface area contributed by atoms with Crippen LogP contribution in [0.15, 0.2) is 6.20 Å². The van der Waals surface area contributed by atoms with Gasteiger partial charge in [0.25, 0.3) is 0 Å². The fourth-order valence-corrected chi connectivity index (χ4v) is 2.18. The molecule has 1 atom stereocenters. The fourth-order valence-electron chi connectivity index (χ4n) is 1.11. The van der Waals surface area contributed by atoms with Gasteiger partial charge in [-0.1, -0.05) is 13.8 Å². The fraction of sp³-hybridized carbons (Fsp3) is 0.600. The van der Waals surface area contributed by atoms with Gasteiger partial charge in [-0.25, -0.2) is 4.45 Å². The van der Waals surface area contributed by atoms with Crippen LogP contribution >= 0.6 is 28.4 Å². The van der Waals surface area contributed by atoms with Crippen LogP contribution in [0.1, 0.15) is 36.8 Å². The Morgan fingerprint density at radius 2 is 2.29 bits per heavy atom. The Hall–Kier alpha value is -0.0400. The maximum absolute atomic E-state index is 11.3. The molecule has 0 aliphatic rings. The number of rotatable bonds is 6. The molecule has 0 bridgehead atoms. The molecule has 0 amide bonds. The Morgan fingerprint density at radius 1 is 1.65 bits per heavy atom. The van der Waals surface area contributed by atoms with E-state index in [2.05, 4.69) is 27.1 Å². The molecule has 1 aromatic rings. The van der Waals surface area contributed by atoms with Crippen LogP contribution in [0.4, 0.5) is 0 Å². The summed E-state index contributed by atoms with van der Waals surface area (Å²) in [5, 5.41) is 4.26. The molecule has 0 aromatic carbocycles. The Labute approximate surface area is 117 Å². The molecule has 1 rings (SSSR count). The molecule has 1 unspecified atom stereocenters. The van der Waals surface area contributed by atoms with Crippen molar-refractivity contribution in [1.82, 2.24) is 9.55 Å². The van der Waals surface area contributed by atoms with Gasteiger partial charge in [0.1, 0.15) is 0 Å². The third kappa shape index (κ3) is 5.90. The van der Waals surface area contributed by atoms with E-state index in [4.69, 9.17) is 10.5 Å². The first-order valence-electron chi connectivity index (χ1n) is 5.43. The van der Waals surface area contributed by atoms with Crippen molar-refractivity contribution in [3.63, 3.8) is 0 Å². The number of halogens is 1. The van der Waals surface area contributed by atoms with Crippen LogP contribution in [-0.2, 0) is 11.3 Å². The summed E-state index contributed by atoms with van der Waals surface area (Å²) in [7, 11) is 0. The van der Waals surface area contributed by atoms with Crippen LogP contribution in [0.5, 0.6) is 0 Å². The number of ketones is 1. The van der Waals surface area contributed by atoms with Crippen LogP contribution in [0.3, 0.4) is 0 Å². The van der Waals surface area contributed by atoms with E-state index in [-0.39, 0.29) is 5.78 Å². The number of carbonyl (C=O) groups excluding carboxylic acids is 1. The molecule has 17 heavy (non-hydrogen) atoms. The molecule has 0 saturated carbocycles. The summed E-state index contributed by atoms with van der Waals surface area (Å²) in [5.41, 5.74) is 6.63. The zero-order valence-electron chi connectivity index (χ0n) is 10.4. The zero-order valence-corrected chi connectivity index (χ0v) is 13.5. The molecule has 98 valence electrons. The van der Waals surface area contributed by atoms with Gasteiger partial charge in [-0.15, -0.1) is 0 Å². The first-order chi connectivity index (χ1) is 8.19. The predicted octanol–water partition coefficient (Wildman–Crippen LogP) is 2.38. The van der Waals surface area contributed by atoms with Crippen molar-refractivity contribution in [3.05, 3.63) is 17.5 Å². The quantitative estimate of drug-likeness (QED) is 0.361. The third-order valence-corrected chi connectivity index (χ3v) is 3.64. The molecule has 0 aliphatic carbocycles. The standard InChI is InChI=1S/C8H13IN3O2P.C2H6/c1-6(13)7-4-12(15-9)11-8(7)5-14-3-2-10;1-2/h4,15H,2-3,5,10H2,1H3;1-2H3. The summed E-state index contributed by atoms with van der Waals surface area (Å²) in [6.45, 7) is 6.84. The molecule has 7 heteroatoms. The second kappa shape index (κ2) is 9.94. The number of ether oxygens (including phenoxy) is 1. The summed E-state index contributed by atoms with van der Waals surface area (Å²) in [5.74, 6) is 0.0160. The first kappa shape index (κ1) is 17.0. The number of hydrogen-bond donors (Lipinski definition) is 1. The average molecular weight is 371 g/mol. The minimum atomic E-state index is 0.0160. The van der Waals surface area contributed by atoms with Crippen molar-refractivity contribution >= 4 is 34.2 Å². The molecule has 1 heterocycles. The Morgan fingerprint density at radius 3 is 2.76 bits per heavy atom. The third-order valence-electron chi connectivity index (χ3n) is 1.76. The lowest BCUT2D eigenvalue weighted by Gasteiger charge is -2.00. The molecule has 5 nitrogen and oxygen atoms in total. The van der Waals surface area contributed by atoms with Crippen LogP contribution in [0, 0.1) is 0 Å². The topological polar surface area (TPSA) is 70.1 Å². The number of aromatic nitrogens is 2. The normalized spacial score (nSPS) is 10.4. The number of carbonyl (C=O) groups is 1. The van der Waals surface area contributed by atoms with E-state index in [1.807, 2.05) is 13.8 Å². The molecule has 0 fully saturated rings. The molecule has 0 saturated heterocycles. The van der Waals surface area contributed by atoms with E-state index in [0.717, 1.165) is 0 Å². The van der Waals surface area contributed by atoms with Gasteiger partial charge in [-0.2, -0.15) is 5.10 Å². The highest BCUT2D eigenvalue weighted by Crippen LogP contribution is 2.24. The summed E-state index contributed by atoms with van der Waals surface area (Å²) in [6, 6.07) is 0. The maximum Gasteiger partial charge on any atom is 0.163 e. The lowest BCUT2D eigenvalue weighted by Crippen LogP contribution is -2.09. The lowest BCUT2D eigenvalue weighted by molar-refractivity contribution is 0.0999. The lowest BCUT2D eigenvalue weighted by atomic mass is 10.2. The second-order valence-electron chi connectivity index (χ2n) is 2.92. The van der Waals surface area contributed by atoms with Crippen molar-refractivity contribution < 1.29 is 9.53 Å². The molecule has 2 N–H and O–H groups in total.